The van der Waals surface area contributed by atoms with Crippen LogP contribution in [-0.2, 0) is 28.1 Å². The van der Waals surface area contributed by atoms with Gasteiger partial charge in [0, 0.05) is 34.1 Å². The van der Waals surface area contributed by atoms with Crippen LogP contribution in [-0.4, -0.2) is 0 Å². The molecule has 0 saturated heterocycles. The molecule has 0 bridgehead atoms. The Morgan fingerprint density at radius 3 is 1.13 bits per heavy atom. The molecule has 0 spiro atoms. The smallest absolute Gasteiger partial charge is 0.0468 e. The minimum atomic E-state index is 0.0336. The van der Waals surface area contributed by atoms with Crippen LogP contribution in [0, 0.1) is 0 Å². The summed E-state index contributed by atoms with van der Waals surface area (Å²) in [5.74, 6) is 0. The van der Waals surface area contributed by atoms with E-state index < -0.39 is 0 Å². The molecule has 10 aromatic rings. The third-order valence-corrected chi connectivity index (χ3v) is 16.0. The Morgan fingerprint density at radius 2 is 0.684 bits per heavy atom. The van der Waals surface area contributed by atoms with E-state index in [-0.39, 0.29) is 21.7 Å². The summed E-state index contributed by atoms with van der Waals surface area (Å²) in [6.07, 6.45) is 4.42. The predicted molar refractivity (Wildman–Crippen MR) is 331 cm³/mol. The van der Waals surface area contributed by atoms with Crippen molar-refractivity contribution in [3.8, 4) is 11.1 Å². The van der Waals surface area contributed by atoms with Gasteiger partial charge in [-0.25, -0.2) is 0 Å². The van der Waals surface area contributed by atoms with Gasteiger partial charge >= 0.3 is 0 Å². The highest BCUT2D eigenvalue weighted by molar-refractivity contribution is 6.21. The topological polar surface area (TPSA) is 6.48 Å². The first-order valence-electron chi connectivity index (χ1n) is 27.5. The van der Waals surface area contributed by atoms with Gasteiger partial charge in [0.2, 0.25) is 0 Å². The summed E-state index contributed by atoms with van der Waals surface area (Å²) in [6.45, 7) is 27.5. The summed E-state index contributed by atoms with van der Waals surface area (Å²) in [6, 6.07) is 76.4. The summed E-state index contributed by atoms with van der Waals surface area (Å²) in [5, 5.41) is 7.44. The second-order valence-corrected chi connectivity index (χ2v) is 25.5. The summed E-state index contributed by atoms with van der Waals surface area (Å²) in [7, 11) is 0. The zero-order valence-corrected chi connectivity index (χ0v) is 46.9. The van der Waals surface area contributed by atoms with Gasteiger partial charge in [0.25, 0.3) is 0 Å². The van der Waals surface area contributed by atoms with Gasteiger partial charge in [0.05, 0.1) is 0 Å². The molecule has 0 unspecified atom stereocenters. The predicted octanol–water partition coefficient (Wildman–Crippen LogP) is 21.4. The number of allylic oxidation sites excluding steroid dienone is 1. The minimum Gasteiger partial charge on any atom is -0.310 e. The van der Waals surface area contributed by atoms with Crippen LogP contribution in [0.3, 0.4) is 0 Å². The van der Waals surface area contributed by atoms with Crippen molar-refractivity contribution in [2.45, 2.75) is 118 Å². The van der Waals surface area contributed by atoms with E-state index in [9.17, 15) is 0 Å². The highest BCUT2D eigenvalue weighted by Crippen LogP contribution is 2.49. The molecule has 0 heterocycles. The van der Waals surface area contributed by atoms with Gasteiger partial charge in [0.1, 0.15) is 0 Å². The Hall–Kier alpha value is -7.68. The average molecular weight is 991 g/mol. The van der Waals surface area contributed by atoms with Crippen LogP contribution in [0.1, 0.15) is 128 Å². The third kappa shape index (κ3) is 9.75. The zero-order chi connectivity index (χ0) is 53.3. The molecule has 1 aliphatic carbocycles. The van der Waals surface area contributed by atoms with E-state index in [2.05, 4.69) is 299 Å². The SMILES string of the molecule is CC(C)(C)c1ccc(N(c2ccc(C(C)(C)C)cc2)c2ccc3c(-c4ccc5ccccc5c4)c4cc(N(c5ccc(C(C)(C)C)cc5)c5ccc(C(C)(C)C)cc5)ccc4c(C4=Cc5ccccc5CC4)c3c2)cc1. The highest BCUT2D eigenvalue weighted by atomic mass is 15.1. The molecule has 0 amide bonds. The van der Waals surface area contributed by atoms with Crippen LogP contribution in [0.5, 0.6) is 0 Å². The van der Waals surface area contributed by atoms with Crippen molar-refractivity contribution in [1.82, 2.24) is 0 Å². The summed E-state index contributed by atoms with van der Waals surface area (Å²) >= 11 is 0. The number of hydrogen-bond acceptors (Lipinski definition) is 2. The van der Waals surface area contributed by atoms with Gasteiger partial charge in [-0.1, -0.05) is 210 Å². The molecule has 380 valence electrons. The zero-order valence-electron chi connectivity index (χ0n) is 46.9. The van der Waals surface area contributed by atoms with Gasteiger partial charge < -0.3 is 9.80 Å². The normalized spacial score (nSPS) is 13.2. The quantitative estimate of drug-likeness (QED) is 0.140. The lowest BCUT2D eigenvalue weighted by molar-refractivity contribution is 0.590. The van der Waals surface area contributed by atoms with Crippen LogP contribution in [0.25, 0.3) is 55.1 Å². The third-order valence-electron chi connectivity index (χ3n) is 16.0. The van der Waals surface area contributed by atoms with Gasteiger partial charge in [-0.2, -0.15) is 0 Å². The molecule has 0 fully saturated rings. The standard InChI is InChI=1S/C74H74N2/c1-71(2,3)55-25-33-59(34-26-55)75(60-35-27-56(28-36-60)72(4,5)6)63-41-43-65-67(47-63)69(53-23-21-49-17-13-15-19-51(49)45-53)66-44-42-64(48-68(66)70(65)54-24-22-50-18-14-16-20-52(50)46-54)76(61-37-29-57(30-38-61)73(7,8)9)62-39-31-58(32-40-62)74(10,11)12/h13-21,23,25-48H,22,24H2,1-12H3. The Labute approximate surface area is 453 Å². The Kier molecular flexibility index (Phi) is 12.7. The van der Waals surface area contributed by atoms with Crippen molar-refractivity contribution in [3.05, 3.63) is 239 Å². The van der Waals surface area contributed by atoms with E-state index in [1.54, 1.807) is 0 Å². The maximum Gasteiger partial charge on any atom is 0.0468 e. The fourth-order valence-electron chi connectivity index (χ4n) is 11.4. The van der Waals surface area contributed by atoms with Crippen molar-refractivity contribution in [2.24, 2.45) is 0 Å². The number of aryl methyl sites for hydroxylation is 1. The second-order valence-electron chi connectivity index (χ2n) is 25.5. The maximum atomic E-state index is 2.50. The van der Waals surface area contributed by atoms with Crippen molar-refractivity contribution in [1.29, 1.82) is 0 Å². The van der Waals surface area contributed by atoms with E-state index in [0.717, 1.165) is 47.0 Å². The molecule has 10 aromatic carbocycles. The number of rotatable bonds is 8. The van der Waals surface area contributed by atoms with Crippen LogP contribution in [0.15, 0.2) is 200 Å². The number of anilines is 6. The molecule has 2 nitrogen and oxygen atoms in total. The summed E-state index contributed by atoms with van der Waals surface area (Å²) in [4.78, 5) is 4.92. The van der Waals surface area contributed by atoms with Gasteiger partial charge in [-0.15, -0.1) is 0 Å². The molecule has 11 rings (SSSR count). The molecule has 0 atom stereocenters. The number of fused-ring (bicyclic) bond motifs is 4. The van der Waals surface area contributed by atoms with E-state index in [0.29, 0.717) is 0 Å². The fourth-order valence-corrected chi connectivity index (χ4v) is 11.4. The number of nitrogens with zero attached hydrogens (tertiary/aromatic N) is 2. The first-order chi connectivity index (χ1) is 36.2. The molecule has 0 N–H and O–H groups in total. The Morgan fingerprint density at radius 1 is 0.303 bits per heavy atom. The van der Waals surface area contributed by atoms with Gasteiger partial charge in [-0.05, 0) is 201 Å². The molecule has 0 radical (unpaired) electrons. The molecular weight excluding hydrogens is 917 g/mol. The van der Waals surface area contributed by atoms with E-state index in [1.807, 2.05) is 0 Å². The number of hydrogen-bond donors (Lipinski definition) is 0. The molecule has 2 heteroatoms. The van der Waals surface area contributed by atoms with Crippen molar-refractivity contribution >= 4 is 78.1 Å². The second kappa shape index (κ2) is 19.2. The monoisotopic (exact) mass is 991 g/mol. The minimum absolute atomic E-state index is 0.0336. The lowest BCUT2D eigenvalue weighted by Crippen LogP contribution is -2.14. The fraction of sp³-hybridized carbons (Fsp3) is 0.243. The summed E-state index contributed by atoms with van der Waals surface area (Å²) < 4.78 is 0. The molecule has 1 aliphatic rings. The van der Waals surface area contributed by atoms with Crippen LogP contribution in [0.2, 0.25) is 0 Å². The largest absolute Gasteiger partial charge is 0.310 e. The van der Waals surface area contributed by atoms with Crippen molar-refractivity contribution < 1.29 is 0 Å². The summed E-state index contributed by atoms with van der Waals surface area (Å²) in [5.41, 5.74) is 20.0. The highest BCUT2D eigenvalue weighted by Gasteiger charge is 2.26. The molecule has 76 heavy (non-hydrogen) atoms. The lowest BCUT2D eigenvalue weighted by Gasteiger charge is -2.30. The lowest BCUT2D eigenvalue weighted by atomic mass is 9.81. The van der Waals surface area contributed by atoms with Crippen LogP contribution >= 0.6 is 0 Å². The molecule has 0 aliphatic heterocycles. The van der Waals surface area contributed by atoms with E-state index in [4.69, 9.17) is 0 Å². The van der Waals surface area contributed by atoms with Crippen molar-refractivity contribution in [2.75, 3.05) is 9.80 Å². The average Bonchev–Trinajstić information content (AvgIpc) is 3.44. The van der Waals surface area contributed by atoms with Crippen LogP contribution < -0.4 is 9.80 Å². The van der Waals surface area contributed by atoms with Gasteiger partial charge in [0.15, 0.2) is 0 Å². The van der Waals surface area contributed by atoms with E-state index in [1.165, 1.54) is 88.0 Å². The van der Waals surface area contributed by atoms with Gasteiger partial charge in [-0.3, -0.25) is 0 Å². The first kappa shape index (κ1) is 50.5. The number of benzene rings is 10. The molecule has 0 saturated carbocycles. The maximum absolute atomic E-state index is 2.50. The Bertz CT molecular complexity index is 3690. The van der Waals surface area contributed by atoms with Crippen molar-refractivity contribution in [3.63, 3.8) is 0 Å². The van der Waals surface area contributed by atoms with Crippen LogP contribution in [0.4, 0.5) is 34.1 Å². The Balaban J connectivity index is 1.22. The van der Waals surface area contributed by atoms with E-state index >= 15 is 0 Å². The molecular formula is C74H74N2. The molecule has 0 aromatic heterocycles. The first-order valence-corrected chi connectivity index (χ1v) is 27.5.